The van der Waals surface area contributed by atoms with Crippen LogP contribution < -0.4 is 0 Å². The van der Waals surface area contributed by atoms with Crippen LogP contribution in [0.3, 0.4) is 0 Å². The van der Waals surface area contributed by atoms with Gasteiger partial charge in [0.25, 0.3) is 0 Å². The maximum Gasteiger partial charge on any atom is 0.194 e. The minimum absolute atomic E-state index is 0.0941. The first-order valence-electron chi connectivity index (χ1n) is 8.01. The summed E-state index contributed by atoms with van der Waals surface area (Å²) < 4.78 is 0. The van der Waals surface area contributed by atoms with Crippen molar-refractivity contribution in [1.29, 1.82) is 0 Å². The Morgan fingerprint density at radius 3 is 1.54 bits per heavy atom. The van der Waals surface area contributed by atoms with Crippen molar-refractivity contribution >= 4 is 23.5 Å². The summed E-state index contributed by atoms with van der Waals surface area (Å²) >= 11 is 0. The third kappa shape index (κ3) is 2.61. The number of rotatable bonds is 2. The normalized spacial score (nSPS) is 16.6. The predicted octanol–water partition coefficient (Wildman–Crippen LogP) is 5.51. The highest BCUT2D eigenvalue weighted by Crippen LogP contribution is 2.38. The molecule has 1 nitrogen and oxygen atoms in total. The monoisotopic (exact) mass is 308 g/mol. The molecule has 0 amide bonds. The zero-order valence-electron chi connectivity index (χ0n) is 13.1. The Labute approximate surface area is 141 Å². The molecular weight excluding hydrogens is 292 g/mol. The van der Waals surface area contributed by atoms with Crippen LogP contribution in [-0.2, 0) is 0 Å². The number of benzene rings is 3. The molecule has 114 valence electrons. The smallest absolute Gasteiger partial charge is 0.194 e. The van der Waals surface area contributed by atoms with Crippen molar-refractivity contribution in [1.82, 2.24) is 0 Å². The van der Waals surface area contributed by atoms with E-state index in [1.54, 1.807) is 0 Å². The van der Waals surface area contributed by atoms with Crippen LogP contribution in [0.25, 0.3) is 17.7 Å². The lowest BCUT2D eigenvalue weighted by Crippen LogP contribution is -1.94. The fraction of sp³-hybridized carbons (Fsp3) is 0. The van der Waals surface area contributed by atoms with Crippen molar-refractivity contribution in [3.05, 3.63) is 113 Å². The fourth-order valence-corrected chi connectivity index (χ4v) is 3.06. The van der Waals surface area contributed by atoms with Crippen LogP contribution in [0.1, 0.15) is 27.0 Å². The molecule has 0 aliphatic heterocycles. The molecular formula is C23H16O. The van der Waals surface area contributed by atoms with Gasteiger partial charge in [0, 0.05) is 11.1 Å². The molecule has 0 spiro atoms. The molecule has 0 aromatic heterocycles. The molecule has 0 N–H and O–H groups in total. The zero-order chi connectivity index (χ0) is 16.4. The maximum absolute atomic E-state index is 12.9. The molecule has 3 aromatic rings. The second-order valence-corrected chi connectivity index (χ2v) is 5.81. The number of carbonyl (C=O) groups is 1. The van der Waals surface area contributed by atoms with Gasteiger partial charge in [-0.15, -0.1) is 0 Å². The third-order valence-electron chi connectivity index (χ3n) is 4.22. The van der Waals surface area contributed by atoms with Gasteiger partial charge in [-0.3, -0.25) is 4.79 Å². The van der Waals surface area contributed by atoms with Crippen LogP contribution in [0.4, 0.5) is 0 Å². The van der Waals surface area contributed by atoms with E-state index in [1.165, 1.54) is 0 Å². The van der Waals surface area contributed by atoms with E-state index in [0.717, 1.165) is 33.4 Å². The molecule has 1 heteroatoms. The van der Waals surface area contributed by atoms with Crippen molar-refractivity contribution in [3.63, 3.8) is 0 Å². The van der Waals surface area contributed by atoms with Gasteiger partial charge in [-0.1, -0.05) is 84.9 Å². The van der Waals surface area contributed by atoms with Crippen molar-refractivity contribution in [2.45, 2.75) is 0 Å². The van der Waals surface area contributed by atoms with Gasteiger partial charge in [0.15, 0.2) is 5.78 Å². The highest BCUT2D eigenvalue weighted by molar-refractivity contribution is 6.30. The van der Waals surface area contributed by atoms with Crippen LogP contribution in [-0.4, -0.2) is 5.78 Å². The molecule has 0 unspecified atom stereocenters. The van der Waals surface area contributed by atoms with E-state index in [2.05, 4.69) is 18.2 Å². The summed E-state index contributed by atoms with van der Waals surface area (Å²) in [6, 6.07) is 27.9. The van der Waals surface area contributed by atoms with Crippen LogP contribution in [0, 0.1) is 0 Å². The predicted molar refractivity (Wildman–Crippen MR) is 99.5 cm³/mol. The van der Waals surface area contributed by atoms with Gasteiger partial charge in [0.2, 0.25) is 0 Å². The van der Waals surface area contributed by atoms with Crippen LogP contribution in [0.5, 0.6) is 0 Å². The largest absolute Gasteiger partial charge is 0.289 e. The third-order valence-corrected chi connectivity index (χ3v) is 4.22. The molecule has 0 heterocycles. The molecule has 24 heavy (non-hydrogen) atoms. The van der Waals surface area contributed by atoms with Gasteiger partial charge in [0.1, 0.15) is 0 Å². The van der Waals surface area contributed by atoms with Gasteiger partial charge < -0.3 is 0 Å². The molecule has 0 bridgehead atoms. The van der Waals surface area contributed by atoms with Gasteiger partial charge in [-0.05, 0) is 34.4 Å². The van der Waals surface area contributed by atoms with E-state index in [4.69, 9.17) is 0 Å². The topological polar surface area (TPSA) is 17.1 Å². The first-order chi connectivity index (χ1) is 11.8. The minimum atomic E-state index is 0.0941. The molecule has 1 aliphatic carbocycles. The van der Waals surface area contributed by atoms with Gasteiger partial charge in [0.05, 0.1) is 0 Å². The van der Waals surface area contributed by atoms with Crippen molar-refractivity contribution in [2.24, 2.45) is 0 Å². The summed E-state index contributed by atoms with van der Waals surface area (Å²) in [7, 11) is 0. The minimum Gasteiger partial charge on any atom is -0.289 e. The summed E-state index contributed by atoms with van der Waals surface area (Å²) in [4.78, 5) is 12.9. The first kappa shape index (κ1) is 14.4. The summed E-state index contributed by atoms with van der Waals surface area (Å²) in [5, 5.41) is 0. The summed E-state index contributed by atoms with van der Waals surface area (Å²) in [6.07, 6.45) is 4.08. The van der Waals surface area contributed by atoms with E-state index < -0.39 is 0 Å². The van der Waals surface area contributed by atoms with Crippen molar-refractivity contribution in [2.75, 3.05) is 0 Å². The molecule has 4 rings (SSSR count). The SMILES string of the molecule is O=C1C(=C/c2ccccc2)/C(=C/c2ccccc2)c2ccccc21. The first-order valence-corrected chi connectivity index (χ1v) is 8.01. The van der Waals surface area contributed by atoms with E-state index in [0.29, 0.717) is 0 Å². The molecule has 3 aromatic carbocycles. The Hall–Kier alpha value is -3.19. The van der Waals surface area contributed by atoms with E-state index in [1.807, 2.05) is 78.9 Å². The van der Waals surface area contributed by atoms with Gasteiger partial charge >= 0.3 is 0 Å². The number of hydrogen-bond donors (Lipinski definition) is 0. The summed E-state index contributed by atoms with van der Waals surface area (Å²) in [6.45, 7) is 0. The molecule has 0 saturated heterocycles. The van der Waals surface area contributed by atoms with E-state index >= 15 is 0 Å². The number of hydrogen-bond acceptors (Lipinski definition) is 1. The van der Waals surface area contributed by atoms with E-state index in [-0.39, 0.29) is 5.78 Å². The number of ketones is 1. The Morgan fingerprint density at radius 2 is 0.958 bits per heavy atom. The summed E-state index contributed by atoms with van der Waals surface area (Å²) in [5.41, 5.74) is 5.66. The quantitative estimate of drug-likeness (QED) is 0.571. The molecule has 0 radical (unpaired) electrons. The Bertz CT molecular complexity index is 948. The lowest BCUT2D eigenvalue weighted by Gasteiger charge is -2.03. The highest BCUT2D eigenvalue weighted by Gasteiger charge is 2.29. The average molecular weight is 308 g/mol. The molecule has 0 atom stereocenters. The van der Waals surface area contributed by atoms with Crippen LogP contribution >= 0.6 is 0 Å². The number of fused-ring (bicyclic) bond motifs is 1. The second-order valence-electron chi connectivity index (χ2n) is 5.81. The highest BCUT2D eigenvalue weighted by atomic mass is 16.1. The lowest BCUT2D eigenvalue weighted by molar-refractivity contribution is 0.104. The Kier molecular flexibility index (Phi) is 3.68. The average Bonchev–Trinajstić information content (AvgIpc) is 2.90. The Balaban J connectivity index is 1.90. The zero-order valence-corrected chi connectivity index (χ0v) is 13.1. The van der Waals surface area contributed by atoms with E-state index in [9.17, 15) is 4.79 Å². The van der Waals surface area contributed by atoms with Crippen LogP contribution in [0.2, 0.25) is 0 Å². The number of Topliss-reactive ketones (excluding diaryl/α,β-unsaturated/α-hetero) is 1. The second kappa shape index (κ2) is 6.13. The van der Waals surface area contributed by atoms with Crippen molar-refractivity contribution < 1.29 is 4.79 Å². The maximum atomic E-state index is 12.9. The lowest BCUT2D eigenvalue weighted by atomic mass is 10.00. The number of carbonyl (C=O) groups excluding carboxylic acids is 1. The summed E-state index contributed by atoms with van der Waals surface area (Å²) in [5.74, 6) is 0.0941. The molecule has 0 fully saturated rings. The molecule has 1 aliphatic rings. The molecule has 0 saturated carbocycles. The fourth-order valence-electron chi connectivity index (χ4n) is 3.06. The van der Waals surface area contributed by atoms with Gasteiger partial charge in [-0.2, -0.15) is 0 Å². The van der Waals surface area contributed by atoms with Gasteiger partial charge in [-0.25, -0.2) is 0 Å². The Morgan fingerprint density at radius 1 is 0.500 bits per heavy atom. The standard InChI is InChI=1S/C23H16O/c24-23-20-14-8-7-13-19(20)21(15-17-9-3-1-4-10-17)22(23)16-18-11-5-2-6-12-18/h1-16H/b21-15+,22-16+. The van der Waals surface area contributed by atoms with Crippen LogP contribution in [0.15, 0.2) is 90.5 Å². The van der Waals surface area contributed by atoms with Crippen molar-refractivity contribution in [3.8, 4) is 0 Å². The number of allylic oxidation sites excluding steroid dienone is 2.